The minimum Gasteiger partial charge on any atom is -0.386 e. The van der Waals surface area contributed by atoms with E-state index in [2.05, 4.69) is 36.1 Å². The molecular weight excluding hydrogens is 274 g/mol. The minimum atomic E-state index is -0.577. The van der Waals surface area contributed by atoms with Crippen LogP contribution >= 0.6 is 0 Å². The summed E-state index contributed by atoms with van der Waals surface area (Å²) < 4.78 is 5.82. The zero-order valence-electron chi connectivity index (χ0n) is 12.9. The van der Waals surface area contributed by atoms with E-state index in [1.54, 1.807) is 0 Å². The SMILES string of the molecule is C[C@H](c1ccccc1)N1CCO[C@H](C(O)c2ccccc2)C1. The van der Waals surface area contributed by atoms with Crippen LogP contribution in [0.5, 0.6) is 0 Å². The second-order valence-electron chi connectivity index (χ2n) is 5.85. The first kappa shape index (κ1) is 15.2. The Kier molecular flexibility index (Phi) is 4.88. The van der Waals surface area contributed by atoms with Crippen LogP contribution < -0.4 is 0 Å². The molecule has 3 atom stereocenters. The van der Waals surface area contributed by atoms with Crippen LogP contribution in [-0.4, -0.2) is 35.8 Å². The van der Waals surface area contributed by atoms with Crippen LogP contribution in [0.15, 0.2) is 60.7 Å². The number of hydrogen-bond acceptors (Lipinski definition) is 3. The maximum Gasteiger partial charge on any atom is 0.106 e. The van der Waals surface area contributed by atoms with Gasteiger partial charge in [0, 0.05) is 19.1 Å². The molecule has 3 nitrogen and oxygen atoms in total. The number of hydrogen-bond donors (Lipinski definition) is 1. The largest absolute Gasteiger partial charge is 0.386 e. The van der Waals surface area contributed by atoms with E-state index in [0.29, 0.717) is 12.6 Å². The fourth-order valence-corrected chi connectivity index (χ4v) is 3.05. The molecule has 0 bridgehead atoms. The van der Waals surface area contributed by atoms with Gasteiger partial charge in [0.25, 0.3) is 0 Å². The van der Waals surface area contributed by atoms with Gasteiger partial charge in [-0.05, 0) is 18.1 Å². The van der Waals surface area contributed by atoms with Crippen molar-refractivity contribution in [3.05, 3.63) is 71.8 Å². The first-order valence-electron chi connectivity index (χ1n) is 7.89. The summed E-state index contributed by atoms with van der Waals surface area (Å²) in [5.74, 6) is 0. The molecule has 0 spiro atoms. The highest BCUT2D eigenvalue weighted by atomic mass is 16.5. The predicted octanol–water partition coefficient (Wildman–Crippen LogP) is 3.18. The predicted molar refractivity (Wildman–Crippen MR) is 87.6 cm³/mol. The van der Waals surface area contributed by atoms with E-state index in [1.165, 1.54) is 5.56 Å². The normalized spacial score (nSPS) is 22.2. The average molecular weight is 297 g/mol. The number of aliphatic hydroxyl groups is 1. The third-order valence-electron chi connectivity index (χ3n) is 4.45. The Morgan fingerprint density at radius 3 is 2.23 bits per heavy atom. The molecule has 1 aliphatic rings. The van der Waals surface area contributed by atoms with Crippen LogP contribution in [0.4, 0.5) is 0 Å². The number of benzene rings is 2. The van der Waals surface area contributed by atoms with Crippen LogP contribution in [0.1, 0.15) is 30.2 Å². The minimum absolute atomic E-state index is 0.178. The van der Waals surface area contributed by atoms with Gasteiger partial charge < -0.3 is 9.84 Å². The smallest absolute Gasteiger partial charge is 0.106 e. The van der Waals surface area contributed by atoms with Crippen molar-refractivity contribution in [3.63, 3.8) is 0 Å². The Morgan fingerprint density at radius 2 is 1.59 bits per heavy atom. The van der Waals surface area contributed by atoms with Crippen molar-refractivity contribution in [1.82, 2.24) is 4.90 Å². The molecule has 0 amide bonds. The van der Waals surface area contributed by atoms with E-state index in [0.717, 1.165) is 18.7 Å². The molecule has 116 valence electrons. The van der Waals surface area contributed by atoms with Crippen LogP contribution in [0.3, 0.4) is 0 Å². The lowest BCUT2D eigenvalue weighted by Crippen LogP contribution is -2.46. The molecule has 1 aliphatic heterocycles. The van der Waals surface area contributed by atoms with E-state index in [1.807, 2.05) is 36.4 Å². The first-order valence-corrected chi connectivity index (χ1v) is 7.89. The van der Waals surface area contributed by atoms with Crippen molar-refractivity contribution >= 4 is 0 Å². The molecule has 1 heterocycles. The standard InChI is InChI=1S/C19H23NO2/c1-15(16-8-4-2-5-9-16)20-12-13-22-18(14-20)19(21)17-10-6-3-7-11-17/h2-11,15,18-19,21H,12-14H2,1H3/t15-,18+,19?/m1/s1. The maximum absolute atomic E-state index is 10.6. The number of nitrogens with zero attached hydrogens (tertiary/aromatic N) is 1. The van der Waals surface area contributed by atoms with Gasteiger partial charge in [-0.3, -0.25) is 4.90 Å². The number of morpholine rings is 1. The average Bonchev–Trinajstić information content (AvgIpc) is 2.62. The molecule has 3 rings (SSSR count). The van der Waals surface area contributed by atoms with E-state index >= 15 is 0 Å². The van der Waals surface area contributed by atoms with Gasteiger partial charge in [0.2, 0.25) is 0 Å². The van der Waals surface area contributed by atoms with Gasteiger partial charge in [-0.15, -0.1) is 0 Å². The summed E-state index contributed by atoms with van der Waals surface area (Å²) in [6.45, 7) is 4.51. The van der Waals surface area contributed by atoms with Gasteiger partial charge in [0.05, 0.1) is 6.61 Å². The quantitative estimate of drug-likeness (QED) is 0.941. The number of rotatable bonds is 4. The van der Waals surface area contributed by atoms with Crippen molar-refractivity contribution < 1.29 is 9.84 Å². The van der Waals surface area contributed by atoms with Crippen LogP contribution in [0.25, 0.3) is 0 Å². The molecule has 1 fully saturated rings. The van der Waals surface area contributed by atoms with Crippen LogP contribution in [0, 0.1) is 0 Å². The van der Waals surface area contributed by atoms with E-state index < -0.39 is 6.10 Å². The zero-order valence-corrected chi connectivity index (χ0v) is 12.9. The van der Waals surface area contributed by atoms with Crippen molar-refractivity contribution in [2.24, 2.45) is 0 Å². The van der Waals surface area contributed by atoms with Gasteiger partial charge in [-0.25, -0.2) is 0 Å². The molecule has 1 saturated heterocycles. The summed E-state index contributed by atoms with van der Waals surface area (Å²) in [7, 11) is 0. The van der Waals surface area contributed by atoms with Crippen molar-refractivity contribution in [2.75, 3.05) is 19.7 Å². The molecule has 0 saturated carbocycles. The molecule has 2 aromatic carbocycles. The van der Waals surface area contributed by atoms with Crippen molar-refractivity contribution in [3.8, 4) is 0 Å². The summed E-state index contributed by atoms with van der Waals surface area (Å²) in [6.07, 6.45) is -0.755. The van der Waals surface area contributed by atoms with Gasteiger partial charge in [0.1, 0.15) is 12.2 Å². The van der Waals surface area contributed by atoms with Crippen LogP contribution in [-0.2, 0) is 4.74 Å². The third kappa shape index (κ3) is 3.38. The first-order chi connectivity index (χ1) is 10.8. The van der Waals surface area contributed by atoms with Gasteiger partial charge in [-0.1, -0.05) is 60.7 Å². The topological polar surface area (TPSA) is 32.7 Å². The van der Waals surface area contributed by atoms with Crippen molar-refractivity contribution in [1.29, 1.82) is 0 Å². The fraction of sp³-hybridized carbons (Fsp3) is 0.368. The summed E-state index contributed by atoms with van der Waals surface area (Å²) >= 11 is 0. The highest BCUT2D eigenvalue weighted by Gasteiger charge is 2.30. The molecule has 2 aromatic rings. The molecular formula is C19H23NO2. The third-order valence-corrected chi connectivity index (χ3v) is 4.45. The molecule has 0 radical (unpaired) electrons. The van der Waals surface area contributed by atoms with Gasteiger partial charge in [-0.2, -0.15) is 0 Å². The van der Waals surface area contributed by atoms with Crippen LogP contribution in [0.2, 0.25) is 0 Å². The Bertz CT molecular complexity index is 521. The molecule has 0 aromatic heterocycles. The summed E-state index contributed by atoms with van der Waals surface area (Å²) in [4.78, 5) is 2.38. The monoisotopic (exact) mass is 297 g/mol. The highest BCUT2D eigenvalue weighted by molar-refractivity contribution is 5.20. The maximum atomic E-state index is 10.6. The van der Waals surface area contributed by atoms with E-state index in [-0.39, 0.29) is 6.10 Å². The fourth-order valence-electron chi connectivity index (χ4n) is 3.05. The number of aliphatic hydroxyl groups excluding tert-OH is 1. The molecule has 0 aliphatic carbocycles. The van der Waals surface area contributed by atoms with E-state index in [4.69, 9.17) is 4.74 Å². The molecule has 3 heteroatoms. The second kappa shape index (κ2) is 7.05. The number of ether oxygens (including phenoxy) is 1. The second-order valence-corrected chi connectivity index (χ2v) is 5.85. The molecule has 22 heavy (non-hydrogen) atoms. The lowest BCUT2D eigenvalue weighted by Gasteiger charge is -2.38. The van der Waals surface area contributed by atoms with Crippen molar-refractivity contribution in [2.45, 2.75) is 25.2 Å². The molecule has 1 unspecified atom stereocenters. The van der Waals surface area contributed by atoms with E-state index in [9.17, 15) is 5.11 Å². The summed E-state index contributed by atoms with van der Waals surface area (Å²) in [5, 5.41) is 10.6. The lowest BCUT2D eigenvalue weighted by atomic mass is 10.0. The Balaban J connectivity index is 1.69. The Hall–Kier alpha value is -1.68. The van der Waals surface area contributed by atoms with Gasteiger partial charge >= 0.3 is 0 Å². The lowest BCUT2D eigenvalue weighted by molar-refractivity contribution is -0.0980. The Labute approximate surface area is 132 Å². The summed E-state index contributed by atoms with van der Waals surface area (Å²) in [5.41, 5.74) is 2.22. The molecule has 1 N–H and O–H groups in total. The highest BCUT2D eigenvalue weighted by Crippen LogP contribution is 2.27. The Morgan fingerprint density at radius 1 is 1.00 bits per heavy atom. The van der Waals surface area contributed by atoms with Gasteiger partial charge in [0.15, 0.2) is 0 Å². The zero-order chi connectivity index (χ0) is 15.4. The summed E-state index contributed by atoms with van der Waals surface area (Å²) in [6, 6.07) is 20.6.